The molecule has 7 nitrogen and oxygen atoms in total. The van der Waals surface area contributed by atoms with Gasteiger partial charge in [-0.05, 0) is 53.6 Å². The van der Waals surface area contributed by atoms with Crippen molar-refractivity contribution in [2.24, 2.45) is 0 Å². The predicted octanol–water partition coefficient (Wildman–Crippen LogP) is 6.77. The van der Waals surface area contributed by atoms with Crippen molar-refractivity contribution in [2.75, 3.05) is 37.5 Å². The van der Waals surface area contributed by atoms with Crippen LogP contribution in [-0.4, -0.2) is 38.2 Å². The van der Waals surface area contributed by atoms with Gasteiger partial charge in [0, 0.05) is 42.7 Å². The summed E-state index contributed by atoms with van der Waals surface area (Å²) in [6.07, 6.45) is 0. The van der Waals surface area contributed by atoms with Gasteiger partial charge in [-0.15, -0.1) is 0 Å². The van der Waals surface area contributed by atoms with Crippen molar-refractivity contribution in [2.45, 2.75) is 0 Å². The number of oxazole rings is 1. The van der Waals surface area contributed by atoms with Gasteiger partial charge in [0.2, 0.25) is 5.89 Å². The number of carbonyl (C=O) groups is 1. The van der Waals surface area contributed by atoms with Gasteiger partial charge in [-0.3, -0.25) is 4.79 Å². The van der Waals surface area contributed by atoms with E-state index in [1.54, 1.807) is 18.2 Å². The highest BCUT2D eigenvalue weighted by atomic mass is 16.6. The minimum absolute atomic E-state index is 0.195. The highest BCUT2D eigenvalue weighted by molar-refractivity contribution is 6.07. The molecule has 0 bridgehead atoms. The maximum absolute atomic E-state index is 13.6. The van der Waals surface area contributed by atoms with Crippen LogP contribution >= 0.6 is 0 Å². The third kappa shape index (κ3) is 4.94. The first-order chi connectivity index (χ1) is 19.1. The summed E-state index contributed by atoms with van der Waals surface area (Å²) < 4.78 is 17.6. The van der Waals surface area contributed by atoms with Crippen molar-refractivity contribution in [3.8, 4) is 45.4 Å². The summed E-state index contributed by atoms with van der Waals surface area (Å²) in [6.45, 7) is 0.964. The van der Waals surface area contributed by atoms with Crippen LogP contribution in [0.1, 0.15) is 10.5 Å². The topological polar surface area (TPSA) is 76.8 Å². The van der Waals surface area contributed by atoms with E-state index in [9.17, 15) is 4.79 Å². The third-order valence-electron chi connectivity index (χ3n) is 6.53. The Morgan fingerprint density at radius 1 is 0.769 bits per heavy atom. The van der Waals surface area contributed by atoms with Crippen LogP contribution in [0, 0.1) is 0 Å². The zero-order chi connectivity index (χ0) is 26.8. The number of benzene rings is 4. The summed E-state index contributed by atoms with van der Waals surface area (Å²) >= 11 is 0. The molecule has 1 aromatic heterocycles. The second-order valence-electron chi connectivity index (χ2n) is 9.36. The molecule has 0 radical (unpaired) electrons. The van der Waals surface area contributed by atoms with Gasteiger partial charge in [0.05, 0.1) is 0 Å². The molecule has 1 aliphatic heterocycles. The van der Waals surface area contributed by atoms with E-state index in [1.165, 1.54) is 0 Å². The van der Waals surface area contributed by atoms with Crippen LogP contribution in [0.3, 0.4) is 0 Å². The summed E-state index contributed by atoms with van der Waals surface area (Å²) in [5.74, 6) is 1.63. The zero-order valence-corrected chi connectivity index (χ0v) is 21.7. The Balaban J connectivity index is 1.42. The van der Waals surface area contributed by atoms with E-state index in [0.29, 0.717) is 42.1 Å². The van der Waals surface area contributed by atoms with Crippen LogP contribution in [0.25, 0.3) is 33.9 Å². The first kappa shape index (κ1) is 24.3. The molecule has 1 N–H and O–H groups in total. The number of amides is 1. The quantitative estimate of drug-likeness (QED) is 0.268. The molecule has 0 unspecified atom stereocenters. The lowest BCUT2D eigenvalue weighted by molar-refractivity contribution is 0.102. The molecule has 1 amide bonds. The zero-order valence-electron chi connectivity index (χ0n) is 21.7. The molecular weight excluding hydrogens is 490 g/mol. The fourth-order valence-corrected chi connectivity index (χ4v) is 4.55. The Morgan fingerprint density at radius 2 is 1.46 bits per heavy atom. The lowest BCUT2D eigenvalue weighted by Crippen LogP contribution is -2.17. The highest BCUT2D eigenvalue weighted by Crippen LogP contribution is 2.37. The van der Waals surface area contributed by atoms with Gasteiger partial charge in [-0.25, -0.2) is 4.98 Å². The molecular formula is C32H27N3O4. The summed E-state index contributed by atoms with van der Waals surface area (Å²) in [7, 11) is 3.96. The van der Waals surface area contributed by atoms with Crippen LogP contribution < -0.4 is 19.7 Å². The number of nitrogens with zero attached hydrogens (tertiary/aromatic N) is 2. The van der Waals surface area contributed by atoms with E-state index in [2.05, 4.69) is 5.32 Å². The number of fused-ring (bicyclic) bond motifs is 1. The van der Waals surface area contributed by atoms with E-state index in [0.717, 1.165) is 27.9 Å². The summed E-state index contributed by atoms with van der Waals surface area (Å²) in [5.41, 5.74) is 5.36. The molecule has 4 aromatic carbocycles. The van der Waals surface area contributed by atoms with E-state index in [1.807, 2.05) is 97.9 Å². The fraction of sp³-hybridized carbons (Fsp3) is 0.125. The van der Waals surface area contributed by atoms with Gasteiger partial charge in [0.1, 0.15) is 13.2 Å². The molecule has 0 aliphatic carbocycles. The fourth-order valence-electron chi connectivity index (χ4n) is 4.55. The average molecular weight is 518 g/mol. The maximum Gasteiger partial charge on any atom is 0.278 e. The van der Waals surface area contributed by atoms with Crippen LogP contribution in [0.2, 0.25) is 0 Å². The standard InChI is InChI=1S/C32H27N3O4/c1-35(2)24-15-12-22(13-16-24)30-29(31(36)33-23-14-17-27-28(20-23)38-19-18-37-27)34-32(39-30)26-11-7-6-10-25(26)21-8-4-3-5-9-21/h3-17,20H,18-19H2,1-2H3,(H,33,36). The average Bonchev–Trinajstić information content (AvgIpc) is 3.43. The number of carbonyl (C=O) groups excluding carboxylic acids is 1. The highest BCUT2D eigenvalue weighted by Gasteiger charge is 2.24. The molecule has 194 valence electrons. The number of hydrogen-bond acceptors (Lipinski definition) is 6. The number of nitrogens with one attached hydrogen (secondary N) is 1. The predicted molar refractivity (Wildman–Crippen MR) is 153 cm³/mol. The number of hydrogen-bond donors (Lipinski definition) is 1. The molecule has 6 rings (SSSR count). The van der Waals surface area contributed by atoms with Crippen LogP contribution in [0.5, 0.6) is 11.5 Å². The smallest absolute Gasteiger partial charge is 0.278 e. The molecule has 0 spiro atoms. The maximum atomic E-state index is 13.6. The van der Waals surface area contributed by atoms with Crippen molar-refractivity contribution in [3.63, 3.8) is 0 Å². The van der Waals surface area contributed by atoms with Crippen LogP contribution in [0.4, 0.5) is 11.4 Å². The minimum Gasteiger partial charge on any atom is -0.486 e. The lowest BCUT2D eigenvalue weighted by Gasteiger charge is -2.18. The Hall–Kier alpha value is -5.04. The van der Waals surface area contributed by atoms with Gasteiger partial charge in [-0.1, -0.05) is 48.5 Å². The second-order valence-corrected chi connectivity index (χ2v) is 9.36. The first-order valence-corrected chi connectivity index (χ1v) is 12.7. The third-order valence-corrected chi connectivity index (χ3v) is 6.53. The van der Waals surface area contributed by atoms with Crippen molar-refractivity contribution in [1.82, 2.24) is 4.98 Å². The van der Waals surface area contributed by atoms with Gasteiger partial charge in [0.25, 0.3) is 5.91 Å². The number of rotatable bonds is 6. The van der Waals surface area contributed by atoms with E-state index in [-0.39, 0.29) is 11.6 Å². The van der Waals surface area contributed by atoms with E-state index < -0.39 is 0 Å². The Morgan fingerprint density at radius 3 is 2.21 bits per heavy atom. The molecule has 2 heterocycles. The summed E-state index contributed by atoms with van der Waals surface area (Å²) in [6, 6.07) is 31.1. The summed E-state index contributed by atoms with van der Waals surface area (Å²) in [4.78, 5) is 20.4. The van der Waals surface area contributed by atoms with Crippen LogP contribution in [0.15, 0.2) is 101 Å². The molecule has 39 heavy (non-hydrogen) atoms. The van der Waals surface area contributed by atoms with E-state index >= 15 is 0 Å². The van der Waals surface area contributed by atoms with Gasteiger partial charge in [0.15, 0.2) is 23.0 Å². The molecule has 0 fully saturated rings. The van der Waals surface area contributed by atoms with Gasteiger partial charge in [-0.2, -0.15) is 0 Å². The number of anilines is 2. The molecule has 0 atom stereocenters. The molecule has 0 saturated carbocycles. The van der Waals surface area contributed by atoms with Crippen molar-refractivity contribution in [3.05, 3.63) is 103 Å². The van der Waals surface area contributed by atoms with Gasteiger partial charge >= 0.3 is 0 Å². The van der Waals surface area contributed by atoms with Crippen molar-refractivity contribution in [1.29, 1.82) is 0 Å². The van der Waals surface area contributed by atoms with Gasteiger partial charge < -0.3 is 24.1 Å². The molecule has 1 aliphatic rings. The largest absolute Gasteiger partial charge is 0.486 e. The lowest BCUT2D eigenvalue weighted by atomic mass is 10.00. The second kappa shape index (κ2) is 10.4. The Kier molecular flexibility index (Phi) is 6.47. The molecule has 7 heteroatoms. The number of ether oxygens (including phenoxy) is 2. The van der Waals surface area contributed by atoms with Crippen LogP contribution in [-0.2, 0) is 0 Å². The number of aromatic nitrogens is 1. The summed E-state index contributed by atoms with van der Waals surface area (Å²) in [5, 5.41) is 2.95. The SMILES string of the molecule is CN(C)c1ccc(-c2oc(-c3ccccc3-c3ccccc3)nc2C(=O)Nc2ccc3c(c2)OCCO3)cc1. The first-order valence-electron chi connectivity index (χ1n) is 12.7. The Bertz CT molecular complexity index is 1630. The minimum atomic E-state index is -0.384. The van der Waals surface area contributed by atoms with Crippen molar-refractivity contribution >= 4 is 17.3 Å². The monoisotopic (exact) mass is 517 g/mol. The van der Waals surface area contributed by atoms with E-state index in [4.69, 9.17) is 18.9 Å². The normalized spacial score (nSPS) is 12.2. The molecule has 0 saturated heterocycles. The molecule has 5 aromatic rings. The Labute approximate surface area is 226 Å². The van der Waals surface area contributed by atoms with Crippen molar-refractivity contribution < 1.29 is 18.7 Å².